The topological polar surface area (TPSA) is 204 Å². The lowest BCUT2D eigenvalue weighted by atomic mass is 9.96. The Morgan fingerprint density at radius 2 is 0.761 bits per heavy atom. The Morgan fingerprint density at radius 3 is 1.08 bits per heavy atom. The maximum absolute atomic E-state index is 14.2. The third kappa shape index (κ3) is 15.5. The fourth-order valence-corrected chi connectivity index (χ4v) is 5.21. The number of aromatic carboxylic acids is 1. The lowest BCUT2D eigenvalue weighted by molar-refractivity contribution is -0.158. The van der Waals surface area contributed by atoms with Crippen molar-refractivity contribution in [3.8, 4) is 23.0 Å². The number of carboxylic acids is 1. The summed E-state index contributed by atoms with van der Waals surface area (Å²) in [4.78, 5) is 79.6. The van der Waals surface area contributed by atoms with Crippen LogP contribution in [0.25, 0.3) is 0 Å². The largest absolute Gasteiger partial charge is 0.491 e. The zero-order valence-corrected chi connectivity index (χ0v) is 38.0. The lowest BCUT2D eigenvalue weighted by Crippen LogP contribution is -2.35. The molecule has 0 aromatic heterocycles. The van der Waals surface area contributed by atoms with Crippen molar-refractivity contribution < 1.29 is 125 Å². The number of ether oxygens (including phenoxy) is 7. The third-order valence-corrected chi connectivity index (χ3v) is 8.41. The number of halogens is 13. The Morgan fingerprint density at radius 1 is 0.465 bits per heavy atom. The van der Waals surface area contributed by atoms with Crippen molar-refractivity contribution in [1.82, 2.24) is 0 Å². The molecule has 4 aromatic carbocycles. The van der Waals surface area contributed by atoms with Crippen LogP contribution in [0, 0.1) is 75.7 Å². The minimum atomic E-state index is -2.16. The van der Waals surface area contributed by atoms with Gasteiger partial charge in [-0.1, -0.05) is 0 Å². The van der Waals surface area contributed by atoms with Crippen LogP contribution in [0.1, 0.15) is 68.6 Å². The first-order valence-electron chi connectivity index (χ1n) is 19.0. The van der Waals surface area contributed by atoms with Crippen molar-refractivity contribution in [3.63, 3.8) is 0 Å². The summed E-state index contributed by atoms with van der Waals surface area (Å²) in [5, 5.41) is 7.19. The molecule has 0 aliphatic carbocycles. The Bertz CT molecular complexity index is 2570. The van der Waals surface area contributed by atoms with Gasteiger partial charge in [-0.15, -0.1) is 0 Å². The predicted molar refractivity (Wildman–Crippen MR) is 215 cm³/mol. The van der Waals surface area contributed by atoms with Gasteiger partial charge in [0.1, 0.15) is 12.0 Å². The highest BCUT2D eigenvalue weighted by Crippen LogP contribution is 2.31. The van der Waals surface area contributed by atoms with Crippen molar-refractivity contribution in [2.75, 3.05) is 48.3 Å². The van der Waals surface area contributed by atoms with Gasteiger partial charge >= 0.3 is 23.9 Å². The summed E-state index contributed by atoms with van der Waals surface area (Å²) in [6.45, 7) is 4.11. The molecule has 388 valence electrons. The van der Waals surface area contributed by atoms with E-state index in [1.54, 1.807) is 0 Å². The highest BCUT2D eigenvalue weighted by molar-refractivity contribution is 6.67. The van der Waals surface area contributed by atoms with Crippen LogP contribution in [-0.4, -0.2) is 94.1 Å². The van der Waals surface area contributed by atoms with Crippen LogP contribution in [0.15, 0.2) is 24.3 Å². The highest BCUT2D eigenvalue weighted by Gasteiger charge is 2.40. The quantitative estimate of drug-likeness (QED) is 0.0212. The van der Waals surface area contributed by atoms with Crippen LogP contribution in [0.3, 0.4) is 0 Å². The second kappa shape index (κ2) is 28.2. The van der Waals surface area contributed by atoms with Crippen LogP contribution < -0.4 is 18.9 Å². The van der Waals surface area contributed by atoms with Crippen molar-refractivity contribution in [2.24, 2.45) is 5.92 Å². The normalized spacial score (nSPS) is 10.2. The number of hydrogen-bond donors (Lipinski definition) is 1. The van der Waals surface area contributed by atoms with E-state index >= 15 is 0 Å². The summed E-state index contributed by atoms with van der Waals surface area (Å²) in [6, 6.07) is 1.26. The maximum atomic E-state index is 14.2. The van der Waals surface area contributed by atoms with Gasteiger partial charge in [0.05, 0.1) is 65.0 Å². The monoisotopic (exact) mass is 1050 g/mol. The average molecular weight is 1060 g/mol. The van der Waals surface area contributed by atoms with Crippen molar-refractivity contribution in [2.45, 2.75) is 27.2 Å². The molecule has 0 amide bonds. The number of rotatable bonds is 16. The Hall–Kier alpha value is -7.58. The van der Waals surface area contributed by atoms with E-state index in [0.717, 1.165) is 28.4 Å². The van der Waals surface area contributed by atoms with E-state index in [4.69, 9.17) is 16.7 Å². The van der Waals surface area contributed by atoms with E-state index in [1.165, 1.54) is 20.8 Å². The standard InChI is InChI=1S/C15H15F3O6.C12H11F3O4.C8H4ClF3O2.C8H5F3O3/c1-4-23-14(20)9(15(21)24-5-2)12(19)7-6-8(16)11(18)13(22-3)10(7)17;1-3-19-9(17)5-8(16)6-4-7(13)11(15)12(18-2)10(6)14;1-14-7-5(11)3(8(9)13)2-4(10)6(7)12;1-14-7-5(10)3(8(12)13)2-4(9)6(7)11/h6,9H,4-5H2,1-3H3;4H,3,5H2,1-2H3;2H,1H3;2H,1H3,(H,12,13). The fraction of sp³-hybridized carbons (Fsp3) is 0.279. The zero-order valence-electron chi connectivity index (χ0n) is 37.3. The molecule has 0 aliphatic rings. The van der Waals surface area contributed by atoms with E-state index < -0.39 is 168 Å². The van der Waals surface area contributed by atoms with E-state index in [9.17, 15) is 86.2 Å². The second-order valence-electron chi connectivity index (χ2n) is 12.6. The molecule has 4 rings (SSSR count). The van der Waals surface area contributed by atoms with Gasteiger partial charge in [0.25, 0.3) is 5.24 Å². The van der Waals surface area contributed by atoms with Crippen LogP contribution in [0.2, 0.25) is 0 Å². The maximum Gasteiger partial charge on any atom is 0.338 e. The van der Waals surface area contributed by atoms with Crippen LogP contribution in [0.4, 0.5) is 52.7 Å². The average Bonchev–Trinajstić information content (AvgIpc) is 3.30. The second-order valence-corrected chi connectivity index (χ2v) is 12.9. The van der Waals surface area contributed by atoms with Crippen LogP contribution >= 0.6 is 11.6 Å². The van der Waals surface area contributed by atoms with Crippen LogP contribution in [0.5, 0.6) is 23.0 Å². The molecular formula is C43H35ClF12O15. The molecule has 0 bridgehead atoms. The molecule has 0 saturated heterocycles. The molecule has 0 fully saturated rings. The summed E-state index contributed by atoms with van der Waals surface area (Å²) in [7, 11) is 3.65. The number of carbonyl (C=O) groups is 7. The van der Waals surface area contributed by atoms with Gasteiger partial charge < -0.3 is 38.3 Å². The van der Waals surface area contributed by atoms with Gasteiger partial charge in [-0.3, -0.25) is 28.8 Å². The zero-order chi connectivity index (χ0) is 54.8. The van der Waals surface area contributed by atoms with E-state index in [0.29, 0.717) is 12.1 Å². The number of carbonyl (C=O) groups excluding carboxylic acids is 6. The van der Waals surface area contributed by atoms with Gasteiger partial charge in [-0.2, -0.15) is 17.6 Å². The number of hydrogen-bond acceptors (Lipinski definition) is 14. The van der Waals surface area contributed by atoms with E-state index in [1.807, 2.05) is 0 Å². The molecule has 28 heteroatoms. The Balaban J connectivity index is 0.000000485. The molecule has 1 N–H and O–H groups in total. The number of benzene rings is 4. The van der Waals surface area contributed by atoms with Gasteiger partial charge in [-0.25, -0.2) is 39.9 Å². The summed E-state index contributed by atoms with van der Waals surface area (Å²) < 4.78 is 189. The van der Waals surface area contributed by atoms with Crippen molar-refractivity contribution in [3.05, 3.63) is 116 Å². The number of Topliss-reactive ketones (excluding diaryl/α,β-unsaturated/α-hetero) is 2. The smallest absolute Gasteiger partial charge is 0.338 e. The molecule has 0 radical (unpaired) electrons. The summed E-state index contributed by atoms with van der Waals surface area (Å²) in [5.74, 6) is -31.7. The van der Waals surface area contributed by atoms with E-state index in [2.05, 4.69) is 33.2 Å². The highest BCUT2D eigenvalue weighted by atomic mass is 35.5. The predicted octanol–water partition coefficient (Wildman–Crippen LogP) is 8.59. The number of esters is 3. The molecular weight excluding hydrogens is 1020 g/mol. The molecule has 71 heavy (non-hydrogen) atoms. The van der Waals surface area contributed by atoms with Gasteiger partial charge in [0.2, 0.25) is 29.2 Å². The minimum absolute atomic E-state index is 0.0513. The van der Waals surface area contributed by atoms with Crippen LogP contribution in [-0.2, 0) is 28.6 Å². The fourth-order valence-electron chi connectivity index (χ4n) is 5.08. The Labute approximate surface area is 397 Å². The first-order valence-corrected chi connectivity index (χ1v) is 19.4. The number of methoxy groups -OCH3 is 4. The van der Waals surface area contributed by atoms with E-state index in [-0.39, 0.29) is 32.0 Å². The van der Waals surface area contributed by atoms with Gasteiger partial charge in [0, 0.05) is 0 Å². The van der Waals surface area contributed by atoms with Gasteiger partial charge in [0.15, 0.2) is 81.1 Å². The summed E-state index contributed by atoms with van der Waals surface area (Å²) in [5.41, 5.74) is -3.52. The third-order valence-electron chi connectivity index (χ3n) is 8.21. The first kappa shape index (κ1) is 61.4. The molecule has 0 atom stereocenters. The molecule has 0 spiro atoms. The summed E-state index contributed by atoms with van der Waals surface area (Å²) >= 11 is 4.94. The molecule has 0 saturated carbocycles. The number of ketones is 2. The molecule has 0 heterocycles. The number of carboxylic acid groups (broad SMARTS) is 1. The molecule has 0 unspecified atom stereocenters. The van der Waals surface area contributed by atoms with Crippen molar-refractivity contribution in [1.29, 1.82) is 0 Å². The molecule has 4 aromatic rings. The molecule has 0 aliphatic heterocycles. The Kier molecular flexibility index (Phi) is 24.4. The molecule has 15 nitrogen and oxygen atoms in total. The first-order chi connectivity index (χ1) is 33.2. The SMILES string of the molecule is CCOC(=O)C(C(=O)OCC)C(=O)c1cc(F)c(F)c(OC)c1F.CCOC(=O)CC(=O)c1cc(F)c(F)c(OC)c1F.COc1c(F)c(F)cc(C(=O)Cl)c1F.COc1c(F)c(F)cc(C(=O)O)c1F. The van der Waals surface area contributed by atoms with Crippen molar-refractivity contribution >= 4 is 52.3 Å². The van der Waals surface area contributed by atoms with Gasteiger partial charge in [-0.05, 0) is 56.6 Å². The minimum Gasteiger partial charge on any atom is -0.491 e. The summed E-state index contributed by atoms with van der Waals surface area (Å²) in [6.07, 6.45) is -0.765. The lowest BCUT2D eigenvalue weighted by Gasteiger charge is -2.15.